The number of benzene rings is 1. The zero-order valence-electron chi connectivity index (χ0n) is 20.4. The average molecular weight is 503 g/mol. The van der Waals surface area contributed by atoms with Gasteiger partial charge in [0, 0.05) is 42.1 Å². The number of hydrogen-bond acceptors (Lipinski definition) is 7. The molecule has 0 radical (unpaired) electrons. The Labute approximate surface area is 214 Å². The number of hydrogen-bond donors (Lipinski definition) is 1. The second kappa shape index (κ2) is 9.69. The molecule has 0 bridgehead atoms. The number of piperidine rings is 1. The van der Waals surface area contributed by atoms with Gasteiger partial charge in [-0.05, 0) is 62.3 Å². The van der Waals surface area contributed by atoms with Gasteiger partial charge < -0.3 is 10.2 Å². The molecular weight excluding hydrogens is 472 g/mol. The van der Waals surface area contributed by atoms with Crippen LogP contribution in [0.4, 0.5) is 11.5 Å². The van der Waals surface area contributed by atoms with E-state index < -0.39 is 0 Å². The molecule has 3 aromatic rings. The molecule has 6 rings (SSSR count). The molecule has 8 nitrogen and oxygen atoms in total. The van der Waals surface area contributed by atoms with Crippen LogP contribution in [0.25, 0.3) is 11.3 Å². The zero-order valence-corrected chi connectivity index (χ0v) is 21.3. The molecule has 186 valence electrons. The van der Waals surface area contributed by atoms with Crippen LogP contribution in [-0.2, 0) is 17.6 Å². The lowest BCUT2D eigenvalue weighted by atomic mass is 9.99. The monoisotopic (exact) mass is 502 g/mol. The standard InChI is InChI=1S/C27H30N6O2S/c1-17-11-13-32(14-12-17)24-10-9-22(30-31-24)18-5-7-19(8-6-18)28-25(34)15-20-16-36-27-29-23-4-2-3-21(23)26(35)33(20)27/h5-10,17,20H,2-4,11-16H2,1H3,(H,28,34). The summed E-state index contributed by atoms with van der Waals surface area (Å²) in [6.07, 6.45) is 5.30. The highest BCUT2D eigenvalue weighted by Crippen LogP contribution is 2.34. The van der Waals surface area contributed by atoms with Gasteiger partial charge in [-0.15, -0.1) is 10.2 Å². The van der Waals surface area contributed by atoms with E-state index in [-0.39, 0.29) is 23.9 Å². The van der Waals surface area contributed by atoms with Crippen LogP contribution >= 0.6 is 11.8 Å². The van der Waals surface area contributed by atoms with E-state index in [9.17, 15) is 9.59 Å². The van der Waals surface area contributed by atoms with Gasteiger partial charge in [0.1, 0.15) is 0 Å². The first kappa shape index (κ1) is 23.2. The Morgan fingerprint density at radius 2 is 1.89 bits per heavy atom. The molecule has 4 heterocycles. The van der Waals surface area contributed by atoms with Gasteiger partial charge in [-0.1, -0.05) is 30.8 Å². The molecule has 0 spiro atoms. The van der Waals surface area contributed by atoms with Gasteiger partial charge >= 0.3 is 0 Å². The maximum atomic E-state index is 13.0. The predicted molar refractivity (Wildman–Crippen MR) is 142 cm³/mol. The van der Waals surface area contributed by atoms with Crippen LogP contribution < -0.4 is 15.8 Å². The third-order valence-electron chi connectivity index (χ3n) is 7.52. The van der Waals surface area contributed by atoms with E-state index in [2.05, 4.69) is 32.3 Å². The summed E-state index contributed by atoms with van der Waals surface area (Å²) >= 11 is 1.57. The summed E-state index contributed by atoms with van der Waals surface area (Å²) in [6, 6.07) is 11.5. The maximum absolute atomic E-state index is 13.0. The first-order valence-electron chi connectivity index (χ1n) is 12.8. The molecular formula is C27H30N6O2S. The van der Waals surface area contributed by atoms with E-state index in [1.54, 1.807) is 16.3 Å². The predicted octanol–water partition coefficient (Wildman–Crippen LogP) is 4.10. The molecule has 0 saturated carbocycles. The quantitative estimate of drug-likeness (QED) is 0.525. The first-order chi connectivity index (χ1) is 17.5. The van der Waals surface area contributed by atoms with Crippen molar-refractivity contribution in [2.24, 2.45) is 5.92 Å². The van der Waals surface area contributed by atoms with Crippen molar-refractivity contribution in [2.45, 2.75) is 56.6 Å². The van der Waals surface area contributed by atoms with Crippen molar-refractivity contribution >= 4 is 29.2 Å². The number of aryl methyl sites for hydroxylation is 1. The molecule has 3 aliphatic rings. The molecule has 1 amide bonds. The molecule has 36 heavy (non-hydrogen) atoms. The van der Waals surface area contributed by atoms with Crippen molar-refractivity contribution in [2.75, 3.05) is 29.1 Å². The number of carbonyl (C=O) groups is 1. The lowest BCUT2D eigenvalue weighted by molar-refractivity contribution is -0.116. The van der Waals surface area contributed by atoms with Crippen molar-refractivity contribution in [1.29, 1.82) is 0 Å². The SMILES string of the molecule is CC1CCN(c2ccc(-c3ccc(NC(=O)CC4CSc5nc6c(c(=O)n54)CCC6)cc3)nn2)CC1. The number of nitrogens with zero attached hydrogens (tertiary/aromatic N) is 5. The van der Waals surface area contributed by atoms with Crippen molar-refractivity contribution in [3.8, 4) is 11.3 Å². The molecule has 1 N–H and O–H groups in total. The molecule has 1 aliphatic carbocycles. The summed E-state index contributed by atoms with van der Waals surface area (Å²) in [5.74, 6) is 2.30. The van der Waals surface area contributed by atoms with Crippen LogP contribution in [-0.4, -0.2) is 44.5 Å². The van der Waals surface area contributed by atoms with E-state index in [1.165, 1.54) is 12.8 Å². The third-order valence-corrected chi connectivity index (χ3v) is 8.61. The number of carbonyl (C=O) groups excluding carboxylic acids is 1. The van der Waals surface area contributed by atoms with Crippen LogP contribution in [0.15, 0.2) is 46.3 Å². The van der Waals surface area contributed by atoms with Gasteiger partial charge in [0.2, 0.25) is 5.91 Å². The molecule has 1 unspecified atom stereocenters. The fourth-order valence-electron chi connectivity index (χ4n) is 5.34. The largest absolute Gasteiger partial charge is 0.355 e. The van der Waals surface area contributed by atoms with Crippen LogP contribution in [0.3, 0.4) is 0 Å². The smallest absolute Gasteiger partial charge is 0.257 e. The molecule has 1 atom stereocenters. The van der Waals surface area contributed by atoms with Crippen LogP contribution in [0.1, 0.15) is 49.9 Å². The summed E-state index contributed by atoms with van der Waals surface area (Å²) in [7, 11) is 0. The fourth-order valence-corrected chi connectivity index (χ4v) is 6.49. The molecule has 1 fully saturated rings. The zero-order chi connectivity index (χ0) is 24.6. The number of amides is 1. The summed E-state index contributed by atoms with van der Waals surface area (Å²) in [5, 5.41) is 12.6. The number of thioether (sulfide) groups is 1. The van der Waals surface area contributed by atoms with Crippen molar-refractivity contribution < 1.29 is 4.79 Å². The maximum Gasteiger partial charge on any atom is 0.257 e. The Morgan fingerprint density at radius 3 is 2.64 bits per heavy atom. The number of aromatic nitrogens is 4. The van der Waals surface area contributed by atoms with E-state index in [0.29, 0.717) is 5.75 Å². The Kier molecular flexibility index (Phi) is 6.25. The lowest BCUT2D eigenvalue weighted by Gasteiger charge is -2.30. The average Bonchev–Trinajstić information content (AvgIpc) is 3.53. The minimum Gasteiger partial charge on any atom is -0.355 e. The van der Waals surface area contributed by atoms with Crippen molar-refractivity contribution in [3.63, 3.8) is 0 Å². The minimum atomic E-state index is -0.160. The molecule has 9 heteroatoms. The summed E-state index contributed by atoms with van der Waals surface area (Å²) in [6.45, 7) is 4.36. The van der Waals surface area contributed by atoms with Crippen LogP contribution in [0, 0.1) is 5.92 Å². The topological polar surface area (TPSA) is 93.0 Å². The number of rotatable bonds is 5. The lowest BCUT2D eigenvalue weighted by Crippen LogP contribution is -2.33. The third kappa shape index (κ3) is 4.52. The van der Waals surface area contributed by atoms with Gasteiger partial charge in [-0.2, -0.15) is 0 Å². The van der Waals surface area contributed by atoms with Crippen molar-refractivity contribution in [3.05, 3.63) is 58.0 Å². The number of fused-ring (bicyclic) bond motifs is 2. The van der Waals surface area contributed by atoms with Gasteiger partial charge in [-0.3, -0.25) is 14.2 Å². The Balaban J connectivity index is 1.08. The number of nitrogens with one attached hydrogen (secondary N) is 1. The van der Waals surface area contributed by atoms with Crippen LogP contribution in [0.2, 0.25) is 0 Å². The molecule has 2 aromatic heterocycles. The highest BCUT2D eigenvalue weighted by Gasteiger charge is 2.31. The highest BCUT2D eigenvalue weighted by molar-refractivity contribution is 7.99. The molecule has 2 aliphatic heterocycles. The summed E-state index contributed by atoms with van der Waals surface area (Å²) in [4.78, 5) is 32.8. The molecule has 1 saturated heterocycles. The van der Waals surface area contributed by atoms with E-state index in [0.717, 1.165) is 77.4 Å². The highest BCUT2D eigenvalue weighted by atomic mass is 32.2. The van der Waals surface area contributed by atoms with Crippen molar-refractivity contribution in [1.82, 2.24) is 19.7 Å². The van der Waals surface area contributed by atoms with Gasteiger partial charge in [0.05, 0.1) is 17.4 Å². The van der Waals surface area contributed by atoms with E-state index >= 15 is 0 Å². The van der Waals surface area contributed by atoms with Crippen LogP contribution in [0.5, 0.6) is 0 Å². The Hall–Kier alpha value is -3.20. The normalized spacial score (nSPS) is 19.2. The second-order valence-corrected chi connectivity index (χ2v) is 11.1. The van der Waals surface area contributed by atoms with Gasteiger partial charge in [0.25, 0.3) is 5.56 Å². The minimum absolute atomic E-state index is 0.0432. The van der Waals surface area contributed by atoms with Gasteiger partial charge in [-0.25, -0.2) is 4.98 Å². The van der Waals surface area contributed by atoms with E-state index in [4.69, 9.17) is 0 Å². The first-order valence-corrected chi connectivity index (χ1v) is 13.8. The van der Waals surface area contributed by atoms with Gasteiger partial charge in [0.15, 0.2) is 11.0 Å². The number of anilines is 2. The Morgan fingerprint density at radius 1 is 1.08 bits per heavy atom. The Bertz CT molecular complexity index is 1330. The second-order valence-electron chi connectivity index (χ2n) is 10.1. The van der Waals surface area contributed by atoms with E-state index in [1.807, 2.05) is 36.4 Å². The summed E-state index contributed by atoms with van der Waals surface area (Å²) < 4.78 is 1.74. The molecule has 1 aromatic carbocycles. The fraction of sp³-hybridized carbons (Fsp3) is 0.444. The summed E-state index contributed by atoms with van der Waals surface area (Å²) in [5.41, 5.74) is 4.31.